The molecule has 0 radical (unpaired) electrons. The second kappa shape index (κ2) is 8.30. The number of amides is 2. The molecular formula is C20H26N2O3. The Morgan fingerprint density at radius 1 is 1.24 bits per heavy atom. The molecule has 0 unspecified atom stereocenters. The predicted molar refractivity (Wildman–Crippen MR) is 97.1 cm³/mol. The lowest BCUT2D eigenvalue weighted by molar-refractivity contribution is -0.126. The van der Waals surface area contributed by atoms with Crippen LogP contribution in [0.4, 0.5) is 0 Å². The summed E-state index contributed by atoms with van der Waals surface area (Å²) in [6, 6.07) is 7.69. The lowest BCUT2D eigenvalue weighted by Crippen LogP contribution is -2.34. The quantitative estimate of drug-likeness (QED) is 0.775. The summed E-state index contributed by atoms with van der Waals surface area (Å²) in [5.41, 5.74) is 1.57. The molecule has 134 valence electrons. The molecule has 25 heavy (non-hydrogen) atoms. The fourth-order valence-corrected chi connectivity index (χ4v) is 2.93. The van der Waals surface area contributed by atoms with E-state index in [2.05, 4.69) is 5.32 Å². The van der Waals surface area contributed by atoms with Crippen molar-refractivity contribution in [2.45, 2.75) is 32.2 Å². The number of rotatable bonds is 7. The summed E-state index contributed by atoms with van der Waals surface area (Å²) < 4.78 is 5.38. The molecule has 5 nitrogen and oxygen atoms in total. The molecule has 2 fully saturated rings. The SMILES string of the molecule is CCN(C[C@@H]1CCOC1)C(=O)/C=C\c1ccc(C(=O)NC2CC2)cc1. The molecule has 1 heterocycles. The summed E-state index contributed by atoms with van der Waals surface area (Å²) in [7, 11) is 0. The van der Waals surface area contributed by atoms with Gasteiger partial charge in [0.2, 0.25) is 5.91 Å². The Hall–Kier alpha value is -2.14. The maximum atomic E-state index is 12.4. The molecule has 0 aromatic heterocycles. The largest absolute Gasteiger partial charge is 0.381 e. The molecule has 1 saturated heterocycles. The van der Waals surface area contributed by atoms with Crippen LogP contribution < -0.4 is 5.32 Å². The minimum atomic E-state index is -0.0231. The molecule has 0 spiro atoms. The molecule has 1 aliphatic heterocycles. The highest BCUT2D eigenvalue weighted by atomic mass is 16.5. The highest BCUT2D eigenvalue weighted by Gasteiger charge is 2.23. The summed E-state index contributed by atoms with van der Waals surface area (Å²) >= 11 is 0. The number of hydrogen-bond acceptors (Lipinski definition) is 3. The summed E-state index contributed by atoms with van der Waals surface area (Å²) in [5, 5.41) is 2.97. The Morgan fingerprint density at radius 2 is 2.00 bits per heavy atom. The standard InChI is InChI=1S/C20H26N2O3/c1-2-22(13-16-11-12-25-14-16)19(23)10-5-15-3-6-17(7-4-15)20(24)21-18-8-9-18/h3-7,10,16,18H,2,8-9,11-14H2,1H3,(H,21,24)/b10-5-/t16-/m0/s1. The molecule has 2 aliphatic rings. The van der Waals surface area contributed by atoms with Gasteiger partial charge in [0.05, 0.1) is 6.61 Å². The molecule has 2 amide bonds. The number of ether oxygens (including phenoxy) is 1. The van der Waals surface area contributed by atoms with E-state index in [1.165, 1.54) is 0 Å². The van der Waals surface area contributed by atoms with E-state index >= 15 is 0 Å². The Labute approximate surface area is 149 Å². The van der Waals surface area contributed by atoms with Gasteiger partial charge < -0.3 is 15.0 Å². The third-order valence-electron chi connectivity index (χ3n) is 4.70. The van der Waals surface area contributed by atoms with Gasteiger partial charge in [-0.2, -0.15) is 0 Å². The predicted octanol–water partition coefficient (Wildman–Crippen LogP) is 2.48. The van der Waals surface area contributed by atoms with Crippen LogP contribution in [-0.4, -0.2) is 49.1 Å². The second-order valence-corrected chi connectivity index (χ2v) is 6.81. The lowest BCUT2D eigenvalue weighted by atomic mass is 10.1. The van der Waals surface area contributed by atoms with E-state index in [9.17, 15) is 9.59 Å². The van der Waals surface area contributed by atoms with Crippen molar-refractivity contribution in [3.05, 3.63) is 41.5 Å². The maximum Gasteiger partial charge on any atom is 0.251 e. The van der Waals surface area contributed by atoms with Crippen LogP contribution in [0.5, 0.6) is 0 Å². The van der Waals surface area contributed by atoms with Crippen LogP contribution in [0.3, 0.4) is 0 Å². The zero-order valence-corrected chi connectivity index (χ0v) is 14.7. The van der Waals surface area contributed by atoms with Crippen LogP contribution in [0.1, 0.15) is 42.1 Å². The molecule has 1 aliphatic carbocycles. The van der Waals surface area contributed by atoms with Gasteiger partial charge in [0.25, 0.3) is 5.91 Å². The van der Waals surface area contributed by atoms with Crippen LogP contribution in [0.25, 0.3) is 6.08 Å². The minimum Gasteiger partial charge on any atom is -0.381 e. The topological polar surface area (TPSA) is 58.6 Å². The van der Waals surface area contributed by atoms with E-state index in [0.29, 0.717) is 24.1 Å². The first-order valence-corrected chi connectivity index (χ1v) is 9.11. The van der Waals surface area contributed by atoms with Crippen molar-refractivity contribution in [1.29, 1.82) is 0 Å². The molecule has 1 saturated carbocycles. The van der Waals surface area contributed by atoms with Crippen LogP contribution in [0.2, 0.25) is 0 Å². The van der Waals surface area contributed by atoms with Gasteiger partial charge in [-0.3, -0.25) is 9.59 Å². The Morgan fingerprint density at radius 3 is 2.60 bits per heavy atom. The van der Waals surface area contributed by atoms with E-state index in [1.807, 2.05) is 24.0 Å². The number of benzene rings is 1. The minimum absolute atomic E-state index is 0.0185. The number of hydrogen-bond donors (Lipinski definition) is 1. The van der Waals surface area contributed by atoms with Gasteiger partial charge in [0.15, 0.2) is 0 Å². The van der Waals surface area contributed by atoms with Crippen molar-refractivity contribution < 1.29 is 14.3 Å². The number of likely N-dealkylation sites (N-methyl/N-ethyl adjacent to an activating group) is 1. The van der Waals surface area contributed by atoms with Crippen LogP contribution in [0, 0.1) is 5.92 Å². The first-order chi connectivity index (χ1) is 12.2. The van der Waals surface area contributed by atoms with Gasteiger partial charge in [-0.15, -0.1) is 0 Å². The van der Waals surface area contributed by atoms with Crippen LogP contribution in [0.15, 0.2) is 30.3 Å². The highest BCUT2D eigenvalue weighted by Crippen LogP contribution is 2.19. The van der Waals surface area contributed by atoms with Gasteiger partial charge in [-0.05, 0) is 50.0 Å². The Kier molecular flexibility index (Phi) is 5.87. The van der Waals surface area contributed by atoms with Crippen molar-refractivity contribution in [3.8, 4) is 0 Å². The maximum absolute atomic E-state index is 12.4. The van der Waals surface area contributed by atoms with E-state index in [-0.39, 0.29) is 11.8 Å². The Bertz CT molecular complexity index is 629. The smallest absolute Gasteiger partial charge is 0.251 e. The first-order valence-electron chi connectivity index (χ1n) is 9.11. The molecule has 0 bridgehead atoms. The van der Waals surface area contributed by atoms with Gasteiger partial charge in [-0.25, -0.2) is 0 Å². The van der Waals surface area contributed by atoms with Crippen LogP contribution in [-0.2, 0) is 9.53 Å². The number of nitrogens with one attached hydrogen (secondary N) is 1. The van der Waals surface area contributed by atoms with Crippen molar-refractivity contribution in [3.63, 3.8) is 0 Å². The molecule has 1 N–H and O–H groups in total. The first kappa shape index (κ1) is 17.7. The van der Waals surface area contributed by atoms with Crippen molar-refractivity contribution in [2.24, 2.45) is 5.92 Å². The molecule has 3 rings (SSSR count). The van der Waals surface area contributed by atoms with Gasteiger partial charge in [0, 0.05) is 43.3 Å². The van der Waals surface area contributed by atoms with E-state index < -0.39 is 0 Å². The van der Waals surface area contributed by atoms with Crippen molar-refractivity contribution in [2.75, 3.05) is 26.3 Å². The molecular weight excluding hydrogens is 316 g/mol. The molecule has 1 atom stereocenters. The zero-order chi connectivity index (χ0) is 17.6. The second-order valence-electron chi connectivity index (χ2n) is 6.81. The van der Waals surface area contributed by atoms with E-state index in [1.54, 1.807) is 24.3 Å². The number of carbonyl (C=O) groups is 2. The van der Waals surface area contributed by atoms with E-state index in [4.69, 9.17) is 4.74 Å². The van der Waals surface area contributed by atoms with Gasteiger partial charge in [0.1, 0.15) is 0 Å². The van der Waals surface area contributed by atoms with Gasteiger partial charge in [-0.1, -0.05) is 12.1 Å². The fraction of sp³-hybridized carbons (Fsp3) is 0.500. The fourth-order valence-electron chi connectivity index (χ4n) is 2.93. The number of carbonyl (C=O) groups excluding carboxylic acids is 2. The Balaban J connectivity index is 1.54. The average molecular weight is 342 g/mol. The summed E-state index contributed by atoms with van der Waals surface area (Å²) in [5.74, 6) is 0.441. The lowest BCUT2D eigenvalue weighted by Gasteiger charge is -2.22. The molecule has 1 aromatic carbocycles. The monoisotopic (exact) mass is 342 g/mol. The third-order valence-corrected chi connectivity index (χ3v) is 4.70. The highest BCUT2D eigenvalue weighted by molar-refractivity contribution is 5.95. The van der Waals surface area contributed by atoms with Gasteiger partial charge >= 0.3 is 0 Å². The average Bonchev–Trinajstić information content (AvgIpc) is 3.29. The normalized spacial score (nSPS) is 20.0. The van der Waals surface area contributed by atoms with Crippen molar-refractivity contribution >= 4 is 17.9 Å². The summed E-state index contributed by atoms with van der Waals surface area (Å²) in [6.45, 7) is 4.99. The van der Waals surface area contributed by atoms with Crippen molar-refractivity contribution in [1.82, 2.24) is 10.2 Å². The number of nitrogens with zero attached hydrogens (tertiary/aromatic N) is 1. The molecule has 5 heteroatoms. The molecule has 1 aromatic rings. The zero-order valence-electron chi connectivity index (χ0n) is 14.7. The third kappa shape index (κ3) is 5.16. The van der Waals surface area contributed by atoms with E-state index in [0.717, 1.165) is 44.6 Å². The van der Waals surface area contributed by atoms with Crippen LogP contribution >= 0.6 is 0 Å². The summed E-state index contributed by atoms with van der Waals surface area (Å²) in [4.78, 5) is 26.2. The summed E-state index contributed by atoms with van der Waals surface area (Å²) in [6.07, 6.45) is 6.60.